The zero-order valence-electron chi connectivity index (χ0n) is 6.14. The Morgan fingerprint density at radius 3 is 3.17 bits per heavy atom. The monoisotopic (exact) mass is 162 g/mol. The minimum absolute atomic E-state index is 0.440. The van der Waals surface area contributed by atoms with Crippen LogP contribution in [0.15, 0.2) is 24.7 Å². The van der Waals surface area contributed by atoms with Gasteiger partial charge < -0.3 is 5.73 Å². The van der Waals surface area contributed by atoms with E-state index in [4.69, 9.17) is 5.73 Å². The fourth-order valence-electron chi connectivity index (χ4n) is 0.969. The molecule has 0 saturated carbocycles. The molecule has 0 bridgehead atoms. The maximum Gasteiger partial charge on any atom is 0.248 e. The summed E-state index contributed by atoms with van der Waals surface area (Å²) in [5, 5.41) is 3.87. The molecule has 0 aliphatic heterocycles. The van der Waals surface area contributed by atoms with E-state index >= 15 is 0 Å². The molecule has 12 heavy (non-hydrogen) atoms. The van der Waals surface area contributed by atoms with Gasteiger partial charge in [0.25, 0.3) is 0 Å². The summed E-state index contributed by atoms with van der Waals surface area (Å²) in [4.78, 5) is 14.6. The first kappa shape index (κ1) is 6.78. The van der Waals surface area contributed by atoms with Crippen LogP contribution in [-0.4, -0.2) is 20.5 Å². The lowest BCUT2D eigenvalue weighted by Crippen LogP contribution is -2.11. The second kappa shape index (κ2) is 2.30. The minimum atomic E-state index is -0.458. The number of nitrogens with zero attached hydrogens (tertiary/aromatic N) is 3. The second-order valence-electron chi connectivity index (χ2n) is 2.34. The number of carbonyl (C=O) groups is 1. The molecule has 0 unspecified atom stereocenters. The number of nitrogens with two attached hydrogens (primary N) is 1. The summed E-state index contributed by atoms with van der Waals surface area (Å²) < 4.78 is 1.56. The van der Waals surface area contributed by atoms with E-state index in [0.717, 1.165) is 0 Å². The van der Waals surface area contributed by atoms with E-state index in [1.54, 1.807) is 22.8 Å². The maximum atomic E-state index is 10.7. The molecule has 60 valence electrons. The third-order valence-corrected chi connectivity index (χ3v) is 1.57. The molecule has 0 fully saturated rings. The summed E-state index contributed by atoms with van der Waals surface area (Å²) in [5.74, 6) is -0.458. The van der Waals surface area contributed by atoms with E-state index < -0.39 is 5.91 Å². The van der Waals surface area contributed by atoms with Crippen LogP contribution in [0, 0.1) is 0 Å². The van der Waals surface area contributed by atoms with E-state index in [1.165, 1.54) is 6.33 Å². The van der Waals surface area contributed by atoms with Crippen molar-refractivity contribution in [2.24, 2.45) is 5.73 Å². The summed E-state index contributed by atoms with van der Waals surface area (Å²) in [6.45, 7) is 0. The Labute approximate surface area is 67.8 Å². The van der Waals surface area contributed by atoms with Gasteiger partial charge in [0.05, 0.1) is 0 Å². The predicted molar refractivity (Wildman–Crippen MR) is 41.5 cm³/mol. The number of hydrogen-bond acceptors (Lipinski definition) is 3. The third kappa shape index (κ3) is 0.914. The molecule has 0 aliphatic rings. The molecule has 0 spiro atoms. The van der Waals surface area contributed by atoms with Crippen LogP contribution in [0.1, 0.15) is 10.4 Å². The topological polar surface area (TPSA) is 73.3 Å². The zero-order valence-corrected chi connectivity index (χ0v) is 6.14. The highest BCUT2D eigenvalue weighted by Gasteiger charge is 2.01. The van der Waals surface area contributed by atoms with E-state index in [9.17, 15) is 4.79 Å². The van der Waals surface area contributed by atoms with Gasteiger partial charge in [-0.05, 0) is 12.1 Å². The normalized spacial score (nSPS) is 10.3. The lowest BCUT2D eigenvalue weighted by Gasteiger charge is -1.94. The second-order valence-corrected chi connectivity index (χ2v) is 2.34. The molecule has 5 nitrogen and oxygen atoms in total. The summed E-state index contributed by atoms with van der Waals surface area (Å²) in [5.41, 5.74) is 6.13. The maximum absolute atomic E-state index is 10.7. The molecule has 2 heterocycles. The third-order valence-electron chi connectivity index (χ3n) is 1.57. The largest absolute Gasteiger partial charge is 0.366 e. The highest BCUT2D eigenvalue weighted by molar-refractivity contribution is 5.93. The molecular weight excluding hydrogens is 156 g/mol. The van der Waals surface area contributed by atoms with Crippen molar-refractivity contribution in [3.8, 4) is 0 Å². The van der Waals surface area contributed by atoms with Gasteiger partial charge in [0, 0.05) is 11.8 Å². The van der Waals surface area contributed by atoms with E-state index in [-0.39, 0.29) is 0 Å². The number of aromatic nitrogens is 3. The Morgan fingerprint density at radius 1 is 1.58 bits per heavy atom. The quantitative estimate of drug-likeness (QED) is 0.632. The number of fused-ring (bicyclic) bond motifs is 1. The van der Waals surface area contributed by atoms with Crippen LogP contribution < -0.4 is 5.73 Å². The fourth-order valence-corrected chi connectivity index (χ4v) is 0.969. The first-order valence-corrected chi connectivity index (χ1v) is 3.36. The van der Waals surface area contributed by atoms with E-state index in [2.05, 4.69) is 10.1 Å². The Hall–Kier alpha value is -1.91. The Balaban J connectivity index is 2.68. The molecule has 2 aromatic heterocycles. The van der Waals surface area contributed by atoms with Gasteiger partial charge in [0.15, 0.2) is 5.65 Å². The molecule has 2 aromatic rings. The molecule has 1 amide bonds. The van der Waals surface area contributed by atoms with Gasteiger partial charge in [-0.25, -0.2) is 9.50 Å². The summed E-state index contributed by atoms with van der Waals surface area (Å²) in [6, 6.07) is 3.19. The minimum Gasteiger partial charge on any atom is -0.366 e. The molecule has 5 heteroatoms. The molecule has 2 N–H and O–H groups in total. The first-order valence-electron chi connectivity index (χ1n) is 3.36. The van der Waals surface area contributed by atoms with Gasteiger partial charge in [-0.15, -0.1) is 0 Å². The predicted octanol–water partition coefficient (Wildman–Crippen LogP) is -0.172. The van der Waals surface area contributed by atoms with Crippen molar-refractivity contribution in [2.75, 3.05) is 0 Å². The zero-order chi connectivity index (χ0) is 8.55. The van der Waals surface area contributed by atoms with Gasteiger partial charge in [0.1, 0.15) is 6.33 Å². The van der Waals surface area contributed by atoms with Crippen molar-refractivity contribution in [1.82, 2.24) is 14.6 Å². The number of carbonyl (C=O) groups excluding carboxylic acids is 1. The average molecular weight is 162 g/mol. The van der Waals surface area contributed by atoms with Gasteiger partial charge >= 0.3 is 0 Å². The average Bonchev–Trinajstić information content (AvgIpc) is 2.49. The van der Waals surface area contributed by atoms with Crippen molar-refractivity contribution in [2.45, 2.75) is 0 Å². The Morgan fingerprint density at radius 2 is 2.42 bits per heavy atom. The molecule has 0 atom stereocenters. The molecular formula is C7H6N4O. The fraction of sp³-hybridized carbons (Fsp3) is 0. The van der Waals surface area contributed by atoms with E-state index in [1.807, 2.05) is 0 Å². The number of hydrogen-bond donors (Lipinski definition) is 1. The Bertz CT molecular complexity index is 434. The number of pyridine rings is 1. The van der Waals surface area contributed by atoms with Crippen LogP contribution in [0.2, 0.25) is 0 Å². The summed E-state index contributed by atoms with van der Waals surface area (Å²) >= 11 is 0. The summed E-state index contributed by atoms with van der Waals surface area (Å²) in [6.07, 6.45) is 3.06. The lowest BCUT2D eigenvalue weighted by molar-refractivity contribution is 0.100. The van der Waals surface area contributed by atoms with Crippen molar-refractivity contribution < 1.29 is 4.79 Å². The standard InChI is InChI=1S/C7H6N4O/c8-7(12)5-1-2-11-6(3-5)9-4-10-11/h1-4H,(H2,8,12). The van der Waals surface area contributed by atoms with Gasteiger partial charge in [-0.2, -0.15) is 5.10 Å². The highest BCUT2D eigenvalue weighted by Crippen LogP contribution is 2.02. The molecule has 0 aromatic carbocycles. The van der Waals surface area contributed by atoms with Crippen molar-refractivity contribution in [1.29, 1.82) is 0 Å². The van der Waals surface area contributed by atoms with Crippen molar-refractivity contribution in [3.63, 3.8) is 0 Å². The number of primary amides is 1. The van der Waals surface area contributed by atoms with E-state index in [0.29, 0.717) is 11.2 Å². The van der Waals surface area contributed by atoms with Crippen LogP contribution in [0.25, 0.3) is 5.65 Å². The van der Waals surface area contributed by atoms with Crippen LogP contribution in [-0.2, 0) is 0 Å². The van der Waals surface area contributed by atoms with Crippen LogP contribution in [0.5, 0.6) is 0 Å². The van der Waals surface area contributed by atoms with Crippen LogP contribution in [0.4, 0.5) is 0 Å². The van der Waals surface area contributed by atoms with Gasteiger partial charge in [-0.1, -0.05) is 0 Å². The molecule has 0 aliphatic carbocycles. The number of amides is 1. The molecule has 2 rings (SSSR count). The van der Waals surface area contributed by atoms with Crippen LogP contribution >= 0.6 is 0 Å². The summed E-state index contributed by atoms with van der Waals surface area (Å²) in [7, 11) is 0. The van der Waals surface area contributed by atoms with Crippen molar-refractivity contribution >= 4 is 11.6 Å². The smallest absolute Gasteiger partial charge is 0.248 e. The van der Waals surface area contributed by atoms with Gasteiger partial charge in [-0.3, -0.25) is 4.79 Å². The van der Waals surface area contributed by atoms with Crippen molar-refractivity contribution in [3.05, 3.63) is 30.2 Å². The lowest BCUT2D eigenvalue weighted by atomic mass is 10.2. The van der Waals surface area contributed by atoms with Gasteiger partial charge in [0.2, 0.25) is 5.91 Å². The first-order chi connectivity index (χ1) is 5.77. The van der Waals surface area contributed by atoms with Crippen LogP contribution in [0.3, 0.4) is 0 Å². The molecule has 0 radical (unpaired) electrons. The number of rotatable bonds is 1. The SMILES string of the molecule is NC(=O)c1ccn2ncnc2c1. The molecule has 0 saturated heterocycles. The Kier molecular flexibility index (Phi) is 1.30. The highest BCUT2D eigenvalue weighted by atomic mass is 16.1.